The van der Waals surface area contributed by atoms with E-state index < -0.39 is 30.8 Å². The number of aromatic hydroxyl groups is 1. The van der Waals surface area contributed by atoms with Gasteiger partial charge in [-0.25, -0.2) is 0 Å². The number of hydrogen-bond acceptors (Lipinski definition) is 9. The first-order valence-electron chi connectivity index (χ1n) is 12.1. The van der Waals surface area contributed by atoms with Gasteiger partial charge in [-0.15, -0.1) is 0 Å². The summed E-state index contributed by atoms with van der Waals surface area (Å²) in [5.74, 6) is 0.589. The van der Waals surface area contributed by atoms with E-state index in [1.807, 2.05) is 17.9 Å². The summed E-state index contributed by atoms with van der Waals surface area (Å²) in [5.41, 5.74) is 3.25. The number of nitrogens with zero attached hydrogens (tertiary/aromatic N) is 2. The molecule has 3 unspecified atom stereocenters. The highest BCUT2D eigenvalue weighted by atomic mass is 16.5. The average Bonchev–Trinajstić information content (AvgIpc) is 2.87. The zero-order valence-electron chi connectivity index (χ0n) is 22.0. The van der Waals surface area contributed by atoms with E-state index in [0.717, 1.165) is 11.1 Å². The summed E-state index contributed by atoms with van der Waals surface area (Å²) in [7, 11) is 7.67. The fourth-order valence-corrected chi connectivity index (χ4v) is 6.64. The van der Waals surface area contributed by atoms with E-state index in [1.165, 1.54) is 33.3 Å². The van der Waals surface area contributed by atoms with Crippen molar-refractivity contribution in [1.29, 1.82) is 0 Å². The molecule has 10 heteroatoms. The fraction of sp³-hybridized carbons (Fsp3) is 0.481. The lowest BCUT2D eigenvalue weighted by atomic mass is 9.73. The summed E-state index contributed by atoms with van der Waals surface area (Å²) in [5, 5.41) is 22.0. The number of rotatable bonds is 5. The third-order valence-corrected chi connectivity index (χ3v) is 8.14. The molecular weight excluding hydrogens is 480 g/mol. The van der Waals surface area contributed by atoms with Crippen molar-refractivity contribution in [3.8, 4) is 28.7 Å². The minimum atomic E-state index is -1.03. The first-order valence-corrected chi connectivity index (χ1v) is 12.1. The highest BCUT2D eigenvalue weighted by Gasteiger charge is 2.59. The first-order chi connectivity index (χ1) is 17.7. The number of Topliss-reactive ketones (excluding diaryl/α,β-unsaturated/α-hetero) is 1. The number of ketones is 1. The van der Waals surface area contributed by atoms with Crippen LogP contribution in [0, 0.1) is 13.8 Å². The van der Waals surface area contributed by atoms with E-state index in [9.17, 15) is 19.8 Å². The topological polar surface area (TPSA) is 118 Å². The van der Waals surface area contributed by atoms with Crippen molar-refractivity contribution in [3.05, 3.63) is 39.4 Å². The molecule has 37 heavy (non-hydrogen) atoms. The number of aryl methyl sites for hydroxylation is 1. The number of carbonyl (C=O) groups is 2. The lowest BCUT2D eigenvalue weighted by molar-refractivity contribution is -0.155. The smallest absolute Gasteiger partial charge is 0.241 e. The largest absolute Gasteiger partial charge is 0.504 e. The number of benzene rings is 2. The number of phenols is 1. The number of carbonyl (C=O) groups excluding carboxylic acids is 2. The van der Waals surface area contributed by atoms with E-state index in [1.54, 1.807) is 14.0 Å². The molecule has 2 aromatic carbocycles. The third kappa shape index (κ3) is 3.12. The number of ether oxygens (including phenoxy) is 4. The van der Waals surface area contributed by atoms with Crippen LogP contribution in [0.25, 0.3) is 0 Å². The van der Waals surface area contributed by atoms with Gasteiger partial charge in [0.05, 0.1) is 58.7 Å². The molecule has 1 saturated heterocycles. The molecule has 2 aromatic rings. The molecule has 1 fully saturated rings. The highest BCUT2D eigenvalue weighted by Crippen LogP contribution is 2.56. The normalized spacial score (nSPS) is 24.3. The Labute approximate surface area is 215 Å². The maximum Gasteiger partial charge on any atom is 0.241 e. The van der Waals surface area contributed by atoms with E-state index in [-0.39, 0.29) is 28.8 Å². The van der Waals surface area contributed by atoms with E-state index in [0.29, 0.717) is 40.4 Å². The van der Waals surface area contributed by atoms with Gasteiger partial charge < -0.3 is 34.1 Å². The van der Waals surface area contributed by atoms with Crippen molar-refractivity contribution in [3.63, 3.8) is 0 Å². The van der Waals surface area contributed by atoms with Crippen LogP contribution in [0.2, 0.25) is 0 Å². The summed E-state index contributed by atoms with van der Waals surface area (Å²) in [6.45, 7) is 3.14. The van der Waals surface area contributed by atoms with Crippen LogP contribution in [0.1, 0.15) is 50.3 Å². The lowest BCUT2D eigenvalue weighted by Gasteiger charge is -2.56. The number of amides is 1. The summed E-state index contributed by atoms with van der Waals surface area (Å²) in [6.07, 6.45) is 0.347. The second-order valence-corrected chi connectivity index (χ2v) is 9.74. The number of fused-ring (bicyclic) bond motifs is 7. The molecule has 1 amide bonds. The van der Waals surface area contributed by atoms with Gasteiger partial charge in [-0.1, -0.05) is 6.07 Å². The van der Waals surface area contributed by atoms with Crippen molar-refractivity contribution in [2.45, 2.75) is 44.4 Å². The van der Waals surface area contributed by atoms with Crippen molar-refractivity contribution in [2.75, 3.05) is 42.1 Å². The summed E-state index contributed by atoms with van der Waals surface area (Å²) >= 11 is 0. The quantitative estimate of drug-likeness (QED) is 0.621. The number of methoxy groups -OCH3 is 4. The van der Waals surface area contributed by atoms with E-state index >= 15 is 0 Å². The highest BCUT2D eigenvalue weighted by molar-refractivity contribution is 6.10. The van der Waals surface area contributed by atoms with Crippen LogP contribution in [0.5, 0.6) is 28.7 Å². The molecule has 2 N–H and O–H groups in total. The second kappa shape index (κ2) is 8.81. The van der Waals surface area contributed by atoms with Gasteiger partial charge in [0.2, 0.25) is 5.91 Å². The molecule has 3 aliphatic heterocycles. The Morgan fingerprint density at radius 3 is 2.11 bits per heavy atom. The maximum atomic E-state index is 14.5. The zero-order chi connectivity index (χ0) is 26.9. The van der Waals surface area contributed by atoms with Crippen LogP contribution in [0.15, 0.2) is 6.07 Å². The Kier molecular flexibility index (Phi) is 5.99. The first kappa shape index (κ1) is 25.2. The van der Waals surface area contributed by atoms with Gasteiger partial charge in [-0.2, -0.15) is 0 Å². The molecule has 3 aliphatic rings. The second-order valence-electron chi connectivity index (χ2n) is 9.74. The van der Waals surface area contributed by atoms with Gasteiger partial charge in [0.1, 0.15) is 11.8 Å². The van der Waals surface area contributed by atoms with Crippen molar-refractivity contribution in [2.24, 2.45) is 0 Å². The molecule has 0 saturated carbocycles. The zero-order valence-corrected chi connectivity index (χ0v) is 22.0. The maximum absolute atomic E-state index is 14.5. The molecule has 4 atom stereocenters. The minimum absolute atomic E-state index is 0.0447. The molecule has 10 nitrogen and oxygen atoms in total. The van der Waals surface area contributed by atoms with E-state index in [2.05, 4.69) is 0 Å². The molecule has 0 radical (unpaired) electrons. The Hall–Kier alpha value is -3.50. The third-order valence-electron chi connectivity index (χ3n) is 8.14. The number of aliphatic hydroxyl groups is 1. The molecule has 198 valence electrons. The minimum Gasteiger partial charge on any atom is -0.504 e. The van der Waals surface area contributed by atoms with Crippen LogP contribution in [0.4, 0.5) is 0 Å². The molecule has 0 spiro atoms. The fourth-order valence-electron chi connectivity index (χ4n) is 6.64. The SMILES string of the molecule is COc1c(C)cc2c(c1O)C1C3C(=O)c4c(OC)c(C)c(OC)c(OC)c4[C@H](CO)N3C(=O)C(C2)N1C. The van der Waals surface area contributed by atoms with Gasteiger partial charge in [-0.3, -0.25) is 14.5 Å². The number of likely N-dealkylation sites (N-methyl/N-ethyl adjacent to an activating group) is 1. The predicted octanol–water partition coefficient (Wildman–Crippen LogP) is 2.08. The number of hydrogen-bond donors (Lipinski definition) is 2. The summed E-state index contributed by atoms with van der Waals surface area (Å²) in [4.78, 5) is 31.8. The van der Waals surface area contributed by atoms with Crippen LogP contribution < -0.4 is 18.9 Å². The Morgan fingerprint density at radius 1 is 0.919 bits per heavy atom. The molecule has 5 rings (SSSR count). The number of phenolic OH excluding ortho intramolecular Hbond substituents is 1. The van der Waals surface area contributed by atoms with E-state index in [4.69, 9.17) is 18.9 Å². The van der Waals surface area contributed by atoms with Gasteiger partial charge in [-0.05, 0) is 38.4 Å². The van der Waals surface area contributed by atoms with Crippen LogP contribution >= 0.6 is 0 Å². The number of piperazine rings is 1. The summed E-state index contributed by atoms with van der Waals surface area (Å²) in [6, 6.07) is -1.26. The van der Waals surface area contributed by atoms with Gasteiger partial charge >= 0.3 is 0 Å². The predicted molar refractivity (Wildman–Crippen MR) is 133 cm³/mol. The Morgan fingerprint density at radius 2 is 1.54 bits per heavy atom. The Bertz CT molecular complexity index is 1320. The Balaban J connectivity index is 1.84. The molecule has 2 bridgehead atoms. The number of aliphatic hydroxyl groups excluding tert-OH is 1. The van der Waals surface area contributed by atoms with Crippen LogP contribution in [0.3, 0.4) is 0 Å². The summed E-state index contributed by atoms with van der Waals surface area (Å²) < 4.78 is 22.5. The lowest BCUT2D eigenvalue weighted by Crippen LogP contribution is -2.68. The average molecular weight is 513 g/mol. The van der Waals surface area contributed by atoms with Gasteiger partial charge in [0, 0.05) is 16.7 Å². The monoisotopic (exact) mass is 512 g/mol. The molecule has 0 aliphatic carbocycles. The molecule has 0 aromatic heterocycles. The van der Waals surface area contributed by atoms with Crippen molar-refractivity contribution in [1.82, 2.24) is 9.80 Å². The van der Waals surface area contributed by atoms with Crippen molar-refractivity contribution >= 4 is 11.7 Å². The van der Waals surface area contributed by atoms with Gasteiger partial charge in [0.25, 0.3) is 0 Å². The molecular formula is C27H32N2O8. The van der Waals surface area contributed by atoms with Crippen LogP contribution in [-0.4, -0.2) is 85.9 Å². The van der Waals surface area contributed by atoms with Crippen molar-refractivity contribution < 1.29 is 38.7 Å². The van der Waals surface area contributed by atoms with Gasteiger partial charge in [0.15, 0.2) is 28.8 Å². The molecule has 3 heterocycles. The van der Waals surface area contributed by atoms with Crippen LogP contribution in [-0.2, 0) is 11.2 Å². The standard InChI is InChI=1S/C27H32N2O8/c1-11-8-13-9-14-27(33)29-15(10-30)17-18(24(35-5)12(2)25(36-6)26(17)37-7)21(31)20(29)19(28(14)3)16(13)22(32)23(11)34-4/h8,14-15,19-20,30,32H,9-10H2,1-7H3/t14?,15-,19?,20?/m0/s1.